The summed E-state index contributed by atoms with van der Waals surface area (Å²) in [6.45, 7) is 9.88. The first-order chi connectivity index (χ1) is 7.86. The van der Waals surface area contributed by atoms with E-state index in [1.54, 1.807) is 11.3 Å². The standard InChI is InChI=1S/C11H20N4S/c1-10-11(16-9-14-10)8-13-4-7-15-5-2-12-3-6-15/h9,12-13H,2-8H2,1H3. The van der Waals surface area contributed by atoms with Gasteiger partial charge >= 0.3 is 0 Å². The molecule has 2 rings (SSSR count). The molecule has 90 valence electrons. The lowest BCUT2D eigenvalue weighted by atomic mass is 10.3. The van der Waals surface area contributed by atoms with Crippen LogP contribution in [0.15, 0.2) is 5.51 Å². The van der Waals surface area contributed by atoms with Crippen LogP contribution in [0.1, 0.15) is 10.6 Å². The zero-order valence-electron chi connectivity index (χ0n) is 9.83. The summed E-state index contributed by atoms with van der Waals surface area (Å²) in [5.41, 5.74) is 3.09. The molecular weight excluding hydrogens is 220 g/mol. The Morgan fingerprint density at radius 1 is 1.50 bits per heavy atom. The lowest BCUT2D eigenvalue weighted by Gasteiger charge is -2.27. The van der Waals surface area contributed by atoms with Gasteiger partial charge in [-0.2, -0.15) is 0 Å². The fourth-order valence-electron chi connectivity index (χ4n) is 1.87. The summed E-state index contributed by atoms with van der Waals surface area (Å²) in [7, 11) is 0. The van der Waals surface area contributed by atoms with Crippen LogP contribution in [0.4, 0.5) is 0 Å². The molecule has 0 atom stereocenters. The Balaban J connectivity index is 1.59. The maximum Gasteiger partial charge on any atom is 0.0798 e. The molecule has 1 aromatic rings. The van der Waals surface area contributed by atoms with E-state index in [9.17, 15) is 0 Å². The second kappa shape index (κ2) is 6.30. The van der Waals surface area contributed by atoms with E-state index < -0.39 is 0 Å². The quantitative estimate of drug-likeness (QED) is 0.733. The van der Waals surface area contributed by atoms with Gasteiger partial charge < -0.3 is 10.6 Å². The Hall–Kier alpha value is -0.490. The molecule has 1 fully saturated rings. The summed E-state index contributed by atoms with van der Waals surface area (Å²) in [5, 5.41) is 6.85. The molecule has 2 heterocycles. The number of piperazine rings is 1. The van der Waals surface area contributed by atoms with Gasteiger partial charge in [0.15, 0.2) is 0 Å². The maximum atomic E-state index is 4.25. The van der Waals surface area contributed by atoms with Gasteiger partial charge in [-0.25, -0.2) is 4.98 Å². The van der Waals surface area contributed by atoms with E-state index in [0.717, 1.165) is 32.7 Å². The summed E-state index contributed by atoms with van der Waals surface area (Å²) in [6, 6.07) is 0. The van der Waals surface area contributed by atoms with Crippen molar-refractivity contribution in [3.63, 3.8) is 0 Å². The van der Waals surface area contributed by atoms with Crippen molar-refractivity contribution in [3.8, 4) is 0 Å². The average Bonchev–Trinajstić information content (AvgIpc) is 2.72. The van der Waals surface area contributed by atoms with Gasteiger partial charge in [-0.1, -0.05) is 0 Å². The van der Waals surface area contributed by atoms with Crippen LogP contribution in [0.3, 0.4) is 0 Å². The predicted octanol–water partition coefficient (Wildman–Crippen LogP) is 0.446. The zero-order valence-corrected chi connectivity index (χ0v) is 10.6. The Kier molecular flexibility index (Phi) is 4.71. The SMILES string of the molecule is Cc1ncsc1CNCCN1CCNCC1. The van der Waals surface area contributed by atoms with Gasteiger partial charge in [0.2, 0.25) is 0 Å². The van der Waals surface area contributed by atoms with Crippen LogP contribution < -0.4 is 10.6 Å². The minimum absolute atomic E-state index is 0.961. The second-order valence-corrected chi connectivity index (χ2v) is 5.07. The number of rotatable bonds is 5. The predicted molar refractivity (Wildman–Crippen MR) is 67.9 cm³/mol. The first-order valence-electron chi connectivity index (χ1n) is 5.89. The van der Waals surface area contributed by atoms with E-state index in [0.29, 0.717) is 0 Å². The largest absolute Gasteiger partial charge is 0.314 e. The van der Waals surface area contributed by atoms with E-state index in [2.05, 4.69) is 27.4 Å². The molecule has 1 saturated heterocycles. The highest BCUT2D eigenvalue weighted by Crippen LogP contribution is 2.10. The molecule has 4 nitrogen and oxygen atoms in total. The molecule has 0 radical (unpaired) electrons. The van der Waals surface area contributed by atoms with Crippen molar-refractivity contribution >= 4 is 11.3 Å². The highest BCUT2D eigenvalue weighted by Gasteiger charge is 2.08. The molecule has 1 aliphatic rings. The third kappa shape index (κ3) is 3.52. The monoisotopic (exact) mass is 240 g/mol. The van der Waals surface area contributed by atoms with Crippen molar-refractivity contribution in [3.05, 3.63) is 16.1 Å². The molecule has 1 aromatic heterocycles. The molecule has 0 unspecified atom stereocenters. The minimum atomic E-state index is 0.961. The van der Waals surface area contributed by atoms with E-state index >= 15 is 0 Å². The first kappa shape index (κ1) is 12.0. The van der Waals surface area contributed by atoms with Gasteiger partial charge in [-0.05, 0) is 6.92 Å². The molecular formula is C11H20N4S. The third-order valence-electron chi connectivity index (χ3n) is 2.94. The lowest BCUT2D eigenvalue weighted by molar-refractivity contribution is 0.241. The minimum Gasteiger partial charge on any atom is -0.314 e. The maximum absolute atomic E-state index is 4.25. The van der Waals surface area contributed by atoms with E-state index in [1.807, 2.05) is 5.51 Å². The van der Waals surface area contributed by atoms with Crippen molar-refractivity contribution in [2.75, 3.05) is 39.3 Å². The first-order valence-corrected chi connectivity index (χ1v) is 6.77. The van der Waals surface area contributed by atoms with Crippen molar-refractivity contribution in [1.82, 2.24) is 20.5 Å². The summed E-state index contributed by atoms with van der Waals surface area (Å²) in [5.74, 6) is 0. The topological polar surface area (TPSA) is 40.2 Å². The molecule has 0 amide bonds. The third-order valence-corrected chi connectivity index (χ3v) is 3.88. The summed E-state index contributed by atoms with van der Waals surface area (Å²) in [4.78, 5) is 8.11. The van der Waals surface area contributed by atoms with Gasteiger partial charge in [0.1, 0.15) is 0 Å². The van der Waals surface area contributed by atoms with Crippen LogP contribution in [0.25, 0.3) is 0 Å². The molecule has 0 saturated carbocycles. The lowest BCUT2D eigenvalue weighted by Crippen LogP contribution is -2.45. The fourth-order valence-corrected chi connectivity index (χ4v) is 2.62. The van der Waals surface area contributed by atoms with Crippen molar-refractivity contribution in [1.29, 1.82) is 0 Å². The summed E-state index contributed by atoms with van der Waals surface area (Å²) < 4.78 is 0. The summed E-state index contributed by atoms with van der Waals surface area (Å²) in [6.07, 6.45) is 0. The van der Waals surface area contributed by atoms with Crippen LogP contribution in [-0.4, -0.2) is 49.2 Å². The van der Waals surface area contributed by atoms with Gasteiger partial charge in [-0.15, -0.1) is 11.3 Å². The zero-order chi connectivity index (χ0) is 11.2. The number of aromatic nitrogens is 1. The van der Waals surface area contributed by atoms with Crippen LogP contribution in [-0.2, 0) is 6.54 Å². The number of nitrogens with one attached hydrogen (secondary N) is 2. The van der Waals surface area contributed by atoms with Crippen LogP contribution in [0.5, 0.6) is 0 Å². The highest BCUT2D eigenvalue weighted by atomic mass is 32.1. The second-order valence-electron chi connectivity index (χ2n) is 4.13. The normalized spacial score (nSPS) is 17.8. The number of hydrogen-bond donors (Lipinski definition) is 2. The molecule has 0 aliphatic carbocycles. The van der Waals surface area contributed by atoms with Gasteiger partial charge in [-0.3, -0.25) is 4.90 Å². The van der Waals surface area contributed by atoms with E-state index in [-0.39, 0.29) is 0 Å². The molecule has 0 aromatic carbocycles. The Morgan fingerprint density at radius 2 is 2.31 bits per heavy atom. The number of nitrogens with zero attached hydrogens (tertiary/aromatic N) is 2. The molecule has 1 aliphatic heterocycles. The number of thiazole rings is 1. The number of aryl methyl sites for hydroxylation is 1. The van der Waals surface area contributed by atoms with Gasteiger partial charge in [0.25, 0.3) is 0 Å². The average molecular weight is 240 g/mol. The van der Waals surface area contributed by atoms with E-state index in [1.165, 1.54) is 23.7 Å². The summed E-state index contributed by atoms with van der Waals surface area (Å²) >= 11 is 1.74. The fraction of sp³-hybridized carbons (Fsp3) is 0.727. The number of hydrogen-bond acceptors (Lipinski definition) is 5. The molecule has 16 heavy (non-hydrogen) atoms. The van der Waals surface area contributed by atoms with Crippen molar-refractivity contribution < 1.29 is 0 Å². The Labute approximate surface area is 101 Å². The molecule has 5 heteroatoms. The van der Waals surface area contributed by atoms with Crippen molar-refractivity contribution in [2.24, 2.45) is 0 Å². The Bertz CT molecular complexity index is 307. The molecule has 0 spiro atoms. The van der Waals surface area contributed by atoms with Gasteiger partial charge in [0.05, 0.1) is 11.2 Å². The van der Waals surface area contributed by atoms with Crippen LogP contribution in [0.2, 0.25) is 0 Å². The highest BCUT2D eigenvalue weighted by molar-refractivity contribution is 7.09. The van der Waals surface area contributed by atoms with Crippen molar-refractivity contribution in [2.45, 2.75) is 13.5 Å². The van der Waals surface area contributed by atoms with Crippen LogP contribution in [0, 0.1) is 6.92 Å². The molecule has 0 bridgehead atoms. The Morgan fingerprint density at radius 3 is 3.00 bits per heavy atom. The van der Waals surface area contributed by atoms with Crippen LogP contribution >= 0.6 is 11.3 Å². The van der Waals surface area contributed by atoms with E-state index in [4.69, 9.17) is 0 Å². The molecule has 2 N–H and O–H groups in total. The van der Waals surface area contributed by atoms with Gasteiger partial charge in [0, 0.05) is 50.7 Å². The smallest absolute Gasteiger partial charge is 0.0798 e.